The van der Waals surface area contributed by atoms with Crippen molar-refractivity contribution in [2.75, 3.05) is 7.11 Å². The van der Waals surface area contributed by atoms with Gasteiger partial charge in [-0.25, -0.2) is 4.84 Å². The fourth-order valence-corrected chi connectivity index (χ4v) is 1.48. The van der Waals surface area contributed by atoms with E-state index in [0.717, 1.165) is 12.8 Å². The van der Waals surface area contributed by atoms with Gasteiger partial charge in [0.1, 0.15) is 6.04 Å². The molecule has 0 aromatic carbocycles. The van der Waals surface area contributed by atoms with Crippen LogP contribution in [0.2, 0.25) is 0 Å². The molecule has 1 atom stereocenters. The predicted molar refractivity (Wildman–Crippen MR) is 48.9 cm³/mol. The van der Waals surface area contributed by atoms with Crippen molar-refractivity contribution < 1.29 is 9.53 Å². The maximum atomic E-state index is 11.1. The maximum absolute atomic E-state index is 11.1. The second-order valence-corrected chi connectivity index (χ2v) is 2.90. The van der Waals surface area contributed by atoms with Crippen molar-refractivity contribution >= 4 is 17.7 Å². The van der Waals surface area contributed by atoms with Crippen molar-refractivity contribution in [2.24, 2.45) is 5.92 Å². The predicted octanol–water partition coefficient (Wildman–Crippen LogP) is 1.71. The van der Waals surface area contributed by atoms with Crippen LogP contribution in [0.4, 0.5) is 0 Å². The van der Waals surface area contributed by atoms with Gasteiger partial charge in [-0.2, -0.15) is 0 Å². The van der Waals surface area contributed by atoms with Gasteiger partial charge in [-0.1, -0.05) is 26.7 Å². The van der Waals surface area contributed by atoms with Gasteiger partial charge in [-0.3, -0.25) is 4.79 Å². The van der Waals surface area contributed by atoms with Crippen molar-refractivity contribution in [3.05, 3.63) is 0 Å². The number of carbonyl (C=O) groups is 1. The molecule has 0 fully saturated rings. The third kappa shape index (κ3) is 2.99. The molecule has 4 heteroatoms. The fourth-order valence-electron chi connectivity index (χ4n) is 1.21. The van der Waals surface area contributed by atoms with E-state index in [2.05, 4.69) is 9.57 Å². The summed E-state index contributed by atoms with van der Waals surface area (Å²) in [6, 6.07) is -0.383. The first-order chi connectivity index (χ1) is 5.71. The quantitative estimate of drug-likeness (QED) is 0.534. The Labute approximate surface area is 78.5 Å². The molecule has 0 saturated carbocycles. The van der Waals surface area contributed by atoms with Crippen LogP contribution in [0.1, 0.15) is 26.7 Å². The number of ether oxygens (including phenoxy) is 1. The van der Waals surface area contributed by atoms with E-state index in [1.807, 2.05) is 13.8 Å². The molecule has 0 aliphatic heterocycles. The molecule has 12 heavy (non-hydrogen) atoms. The zero-order valence-corrected chi connectivity index (χ0v) is 8.52. The summed E-state index contributed by atoms with van der Waals surface area (Å²) in [6.07, 6.45) is 1.83. The number of rotatable bonds is 5. The molecular weight excluding hydrogens is 178 g/mol. The van der Waals surface area contributed by atoms with Crippen LogP contribution in [0.25, 0.3) is 0 Å². The van der Waals surface area contributed by atoms with Gasteiger partial charge >= 0.3 is 5.97 Å². The lowest BCUT2D eigenvalue weighted by Gasteiger charge is -2.20. The van der Waals surface area contributed by atoms with Gasteiger partial charge in [0.05, 0.1) is 7.11 Å². The minimum atomic E-state index is -0.383. The van der Waals surface area contributed by atoms with Crippen LogP contribution in [-0.4, -0.2) is 19.1 Å². The number of carbonyl (C=O) groups excluding carboxylic acids is 1. The Kier molecular flexibility index (Phi) is 6.11. The van der Waals surface area contributed by atoms with Crippen molar-refractivity contribution in [1.29, 1.82) is 0 Å². The van der Waals surface area contributed by atoms with Gasteiger partial charge in [-0.15, -0.1) is 0 Å². The molecule has 0 aromatic rings. The number of halogens is 1. The molecule has 0 aromatic heterocycles. The molecule has 0 radical (unpaired) electrons. The lowest BCUT2D eigenvalue weighted by Crippen LogP contribution is -2.38. The summed E-state index contributed by atoms with van der Waals surface area (Å²) >= 11 is 5.44. The summed E-state index contributed by atoms with van der Waals surface area (Å²) in [7, 11) is 1.37. The highest BCUT2D eigenvalue weighted by molar-refractivity contribution is 6.14. The van der Waals surface area contributed by atoms with Gasteiger partial charge in [0.2, 0.25) is 0 Å². The van der Waals surface area contributed by atoms with Gasteiger partial charge in [-0.05, 0) is 17.7 Å². The number of hydrogen-bond donors (Lipinski definition) is 1. The molecular formula is C8H16ClNO2. The monoisotopic (exact) mass is 193 g/mol. The van der Waals surface area contributed by atoms with E-state index in [4.69, 9.17) is 11.8 Å². The SMILES string of the molecule is CCC(CC)[C@@H](NCl)C(=O)OC. The van der Waals surface area contributed by atoms with E-state index in [0.29, 0.717) is 0 Å². The Bertz CT molecular complexity index is 137. The molecule has 1 N–H and O–H groups in total. The van der Waals surface area contributed by atoms with E-state index in [1.165, 1.54) is 7.11 Å². The lowest BCUT2D eigenvalue weighted by molar-refractivity contribution is -0.144. The van der Waals surface area contributed by atoms with Crippen molar-refractivity contribution in [2.45, 2.75) is 32.7 Å². The van der Waals surface area contributed by atoms with Gasteiger partial charge < -0.3 is 4.74 Å². The Morgan fingerprint density at radius 1 is 1.50 bits per heavy atom. The standard InChI is InChI=1S/C8H16ClNO2/c1-4-6(5-2)7(10-9)8(11)12-3/h6-7,10H,4-5H2,1-3H3/t7-/m1/s1. The minimum absolute atomic E-state index is 0.245. The van der Waals surface area contributed by atoms with E-state index in [1.54, 1.807) is 0 Å². The Morgan fingerprint density at radius 3 is 2.25 bits per heavy atom. The van der Waals surface area contributed by atoms with Crippen LogP contribution in [0.3, 0.4) is 0 Å². The molecule has 0 spiro atoms. The highest BCUT2D eigenvalue weighted by Crippen LogP contribution is 2.14. The second kappa shape index (κ2) is 6.26. The second-order valence-electron chi connectivity index (χ2n) is 2.69. The molecule has 0 unspecified atom stereocenters. The Balaban J connectivity index is 4.19. The Hall–Kier alpha value is -0.280. The number of methoxy groups -OCH3 is 1. The molecule has 0 saturated heterocycles. The van der Waals surface area contributed by atoms with Crippen LogP contribution >= 0.6 is 11.8 Å². The normalized spacial score (nSPS) is 13.1. The van der Waals surface area contributed by atoms with Crippen LogP contribution < -0.4 is 4.84 Å². The number of nitrogens with one attached hydrogen (secondary N) is 1. The first-order valence-electron chi connectivity index (χ1n) is 4.15. The van der Waals surface area contributed by atoms with E-state index < -0.39 is 0 Å². The highest BCUT2D eigenvalue weighted by atomic mass is 35.5. The molecule has 0 bridgehead atoms. The minimum Gasteiger partial charge on any atom is -0.468 e. The van der Waals surface area contributed by atoms with Crippen molar-refractivity contribution in [3.8, 4) is 0 Å². The van der Waals surface area contributed by atoms with E-state index in [9.17, 15) is 4.79 Å². The maximum Gasteiger partial charge on any atom is 0.324 e. The van der Waals surface area contributed by atoms with Crippen LogP contribution in [-0.2, 0) is 9.53 Å². The van der Waals surface area contributed by atoms with E-state index in [-0.39, 0.29) is 17.9 Å². The zero-order chi connectivity index (χ0) is 9.56. The summed E-state index contributed by atoms with van der Waals surface area (Å²) in [5, 5.41) is 0. The zero-order valence-electron chi connectivity index (χ0n) is 7.76. The van der Waals surface area contributed by atoms with Gasteiger partial charge in [0, 0.05) is 0 Å². The van der Waals surface area contributed by atoms with Crippen molar-refractivity contribution in [3.63, 3.8) is 0 Å². The van der Waals surface area contributed by atoms with Crippen LogP contribution in [0.15, 0.2) is 0 Å². The fraction of sp³-hybridized carbons (Fsp3) is 0.875. The Morgan fingerprint density at radius 2 is 2.00 bits per heavy atom. The molecule has 0 rings (SSSR count). The molecule has 0 heterocycles. The van der Waals surface area contributed by atoms with E-state index >= 15 is 0 Å². The highest BCUT2D eigenvalue weighted by Gasteiger charge is 2.25. The molecule has 0 amide bonds. The summed E-state index contributed by atoms with van der Waals surface area (Å²) in [5.74, 6) is -0.0475. The summed E-state index contributed by atoms with van der Waals surface area (Å²) in [5.41, 5.74) is 0. The van der Waals surface area contributed by atoms with Gasteiger partial charge in [0.15, 0.2) is 0 Å². The average Bonchev–Trinajstić information content (AvgIpc) is 2.12. The summed E-state index contributed by atoms with van der Waals surface area (Å²) in [6.45, 7) is 4.05. The summed E-state index contributed by atoms with van der Waals surface area (Å²) < 4.78 is 4.60. The first-order valence-corrected chi connectivity index (χ1v) is 4.52. The number of esters is 1. The van der Waals surface area contributed by atoms with Crippen molar-refractivity contribution in [1.82, 2.24) is 4.84 Å². The molecule has 72 valence electrons. The number of hydrogen-bond acceptors (Lipinski definition) is 3. The summed E-state index contributed by atoms with van der Waals surface area (Å²) in [4.78, 5) is 13.6. The van der Waals surface area contributed by atoms with Crippen LogP contribution in [0, 0.1) is 5.92 Å². The smallest absolute Gasteiger partial charge is 0.324 e. The molecule has 0 aliphatic rings. The average molecular weight is 194 g/mol. The molecule has 0 aliphatic carbocycles. The molecule has 3 nitrogen and oxygen atoms in total. The third-order valence-electron chi connectivity index (χ3n) is 2.09. The third-order valence-corrected chi connectivity index (χ3v) is 2.33. The largest absolute Gasteiger partial charge is 0.468 e. The van der Waals surface area contributed by atoms with Gasteiger partial charge in [0.25, 0.3) is 0 Å². The lowest BCUT2D eigenvalue weighted by atomic mass is 9.95. The van der Waals surface area contributed by atoms with Crippen LogP contribution in [0.5, 0.6) is 0 Å². The topological polar surface area (TPSA) is 38.3 Å². The first kappa shape index (κ1) is 11.7.